The van der Waals surface area contributed by atoms with Gasteiger partial charge in [0, 0.05) is 12.1 Å². The van der Waals surface area contributed by atoms with E-state index in [9.17, 15) is 4.80 Å². The Labute approximate surface area is 127 Å². The van der Waals surface area contributed by atoms with Crippen LogP contribution in [0.15, 0.2) is 0 Å². The van der Waals surface area contributed by atoms with Crippen molar-refractivity contribution in [2.75, 3.05) is 52.9 Å². The Balaban J connectivity index is 2.43. The molecule has 0 saturated carbocycles. The van der Waals surface area contributed by atoms with Crippen LogP contribution in [0.5, 0.6) is 0 Å². The number of hydrogen-bond donors (Lipinski definition) is 2. The molecule has 0 bridgehead atoms. The topological polar surface area (TPSA) is 86.6 Å². The molecule has 126 valence electrons. The average molecular weight is 324 g/mol. The van der Waals surface area contributed by atoms with E-state index in [1.54, 1.807) is 0 Å². The number of ether oxygens (including phenoxy) is 3. The summed E-state index contributed by atoms with van der Waals surface area (Å²) in [4.78, 5) is 10.4. The van der Waals surface area contributed by atoms with E-state index in [0.29, 0.717) is 46.1 Å². The smallest absolute Gasteiger partial charge is 0.394 e. The van der Waals surface area contributed by atoms with Crippen LogP contribution >= 0.6 is 0 Å². The van der Waals surface area contributed by atoms with Gasteiger partial charge in [-0.15, -0.1) is 0 Å². The molecule has 8 heteroatoms. The van der Waals surface area contributed by atoms with E-state index >= 15 is 0 Å². The third-order valence-electron chi connectivity index (χ3n) is 3.14. The van der Waals surface area contributed by atoms with Gasteiger partial charge in [0.15, 0.2) is 0 Å². The first-order valence-corrected chi connectivity index (χ1v) is 9.31. The van der Waals surface area contributed by atoms with E-state index in [2.05, 4.69) is 0 Å². The van der Waals surface area contributed by atoms with Gasteiger partial charge in [-0.3, -0.25) is 0 Å². The van der Waals surface area contributed by atoms with Gasteiger partial charge in [-0.25, -0.2) is 0 Å². The van der Waals surface area contributed by atoms with Gasteiger partial charge in [-0.1, -0.05) is 13.8 Å². The van der Waals surface area contributed by atoms with E-state index < -0.39 is 8.80 Å². The molecule has 0 radical (unpaired) electrons. The Morgan fingerprint density at radius 1 is 1.14 bits per heavy atom. The molecule has 7 nitrogen and oxygen atoms in total. The lowest BCUT2D eigenvalue weighted by molar-refractivity contribution is -0.0593. The van der Waals surface area contributed by atoms with Crippen molar-refractivity contribution in [1.29, 1.82) is 0 Å². The molecule has 2 N–H and O–H groups in total. The first-order valence-electron chi connectivity index (χ1n) is 7.46. The molecule has 2 unspecified atom stereocenters. The maximum atomic E-state index is 10.4. The second kappa shape index (κ2) is 10.6. The predicted molar refractivity (Wildman–Crippen MR) is 78.1 cm³/mol. The van der Waals surface area contributed by atoms with Gasteiger partial charge in [0.1, 0.15) is 0 Å². The summed E-state index contributed by atoms with van der Waals surface area (Å²) in [5.74, 6) is 0. The Morgan fingerprint density at radius 3 is 2.52 bits per heavy atom. The van der Waals surface area contributed by atoms with Crippen molar-refractivity contribution in [3.8, 4) is 0 Å². The van der Waals surface area contributed by atoms with Gasteiger partial charge in [-0.2, -0.15) is 0 Å². The van der Waals surface area contributed by atoms with Crippen LogP contribution in [0.25, 0.3) is 0 Å². The highest BCUT2D eigenvalue weighted by Gasteiger charge is 2.41. The molecule has 0 amide bonds. The van der Waals surface area contributed by atoms with Crippen LogP contribution in [-0.4, -0.2) is 77.7 Å². The molecule has 0 aromatic carbocycles. The van der Waals surface area contributed by atoms with E-state index in [1.165, 1.54) is 0 Å². The molecule has 0 aromatic heterocycles. The van der Waals surface area contributed by atoms with Gasteiger partial charge in [0.25, 0.3) is 0 Å². The summed E-state index contributed by atoms with van der Waals surface area (Å²) in [6.45, 7) is 6.39. The zero-order chi connectivity index (χ0) is 15.6. The second-order valence-corrected chi connectivity index (χ2v) is 8.17. The summed E-state index contributed by atoms with van der Waals surface area (Å²) in [7, 11) is -3.17. The molecule has 1 fully saturated rings. The summed E-state index contributed by atoms with van der Waals surface area (Å²) in [6, 6.07) is 0. The van der Waals surface area contributed by atoms with Crippen LogP contribution < -0.4 is 0 Å². The lowest BCUT2D eigenvalue weighted by Gasteiger charge is -2.28. The first-order chi connectivity index (χ1) is 10.1. The van der Waals surface area contributed by atoms with Crippen LogP contribution in [0.4, 0.5) is 0 Å². The molecule has 2 atom stereocenters. The predicted octanol–water partition coefficient (Wildman–Crippen LogP) is 0.175. The fraction of sp³-hybridized carbons (Fsp3) is 1.00. The number of aliphatic hydroxyl groups excluding tert-OH is 1. The fourth-order valence-corrected chi connectivity index (χ4v) is 3.34. The minimum atomic E-state index is -3.17. The van der Waals surface area contributed by atoms with Crippen LogP contribution in [0.3, 0.4) is 0 Å². The lowest BCUT2D eigenvalue weighted by Crippen LogP contribution is -2.47. The third kappa shape index (κ3) is 7.66. The molecule has 0 spiro atoms. The maximum Gasteiger partial charge on any atom is 0.501 e. The third-order valence-corrected chi connectivity index (χ3v) is 5.83. The summed E-state index contributed by atoms with van der Waals surface area (Å²) < 4.78 is 27.5. The van der Waals surface area contributed by atoms with Crippen molar-refractivity contribution < 1.29 is 33.0 Å². The van der Waals surface area contributed by atoms with Crippen molar-refractivity contribution in [3.63, 3.8) is 0 Å². The first kappa shape index (κ1) is 19.0. The standard InChI is InChI=1S/C13H28O7Si/c1-12(2)21(15)19-9-7-16-5-3-13(11-17-6-4-14)18-8-10-20-21/h12-15H,3-11H2,1-2H3. The zero-order valence-corrected chi connectivity index (χ0v) is 14.0. The monoisotopic (exact) mass is 324 g/mol. The highest BCUT2D eigenvalue weighted by Crippen LogP contribution is 2.20. The second-order valence-electron chi connectivity index (χ2n) is 5.17. The molecule has 1 heterocycles. The fourth-order valence-electron chi connectivity index (χ4n) is 1.84. The van der Waals surface area contributed by atoms with Crippen molar-refractivity contribution in [1.82, 2.24) is 0 Å². The maximum absolute atomic E-state index is 10.4. The van der Waals surface area contributed by atoms with Crippen LogP contribution in [0.2, 0.25) is 5.54 Å². The Hall–Kier alpha value is -0.0631. The van der Waals surface area contributed by atoms with Gasteiger partial charge in [0.05, 0.1) is 52.4 Å². The summed E-state index contributed by atoms with van der Waals surface area (Å²) in [5, 5.41) is 8.71. The Kier molecular flexibility index (Phi) is 9.61. The van der Waals surface area contributed by atoms with Crippen molar-refractivity contribution in [2.45, 2.75) is 31.9 Å². The Bertz CT molecular complexity index is 267. The van der Waals surface area contributed by atoms with Gasteiger partial charge in [0.2, 0.25) is 0 Å². The quantitative estimate of drug-likeness (QED) is 0.551. The molecule has 1 aliphatic heterocycles. The number of rotatable bonds is 5. The number of hydrogen-bond acceptors (Lipinski definition) is 7. The molecule has 1 aliphatic rings. The minimum absolute atomic E-state index is 0.00328. The lowest BCUT2D eigenvalue weighted by atomic mass is 10.3. The van der Waals surface area contributed by atoms with Crippen LogP contribution in [-0.2, 0) is 23.1 Å². The summed E-state index contributed by atoms with van der Waals surface area (Å²) in [6.07, 6.45) is 0.603. The number of aliphatic hydroxyl groups is 1. The van der Waals surface area contributed by atoms with E-state index in [-0.39, 0.29) is 24.9 Å². The Morgan fingerprint density at radius 2 is 1.86 bits per heavy atom. The van der Waals surface area contributed by atoms with E-state index in [4.69, 9.17) is 28.2 Å². The van der Waals surface area contributed by atoms with Gasteiger partial charge in [-0.05, 0) is 6.42 Å². The molecular formula is C13H28O7Si. The average Bonchev–Trinajstić information content (AvgIpc) is 2.44. The van der Waals surface area contributed by atoms with Crippen LogP contribution in [0.1, 0.15) is 20.3 Å². The molecule has 1 saturated heterocycles. The summed E-state index contributed by atoms with van der Waals surface area (Å²) in [5.41, 5.74) is -0.0656. The molecule has 21 heavy (non-hydrogen) atoms. The van der Waals surface area contributed by atoms with Crippen molar-refractivity contribution in [2.24, 2.45) is 0 Å². The highest BCUT2D eigenvalue weighted by atomic mass is 28.4. The highest BCUT2D eigenvalue weighted by molar-refractivity contribution is 6.60. The SMILES string of the molecule is CC(C)[Si]1(O)OCCOCCC(COCCO)OCCO1. The molecule has 0 aromatic rings. The zero-order valence-electron chi connectivity index (χ0n) is 13.0. The molecule has 0 aliphatic carbocycles. The normalized spacial score (nSPS) is 29.9. The molecular weight excluding hydrogens is 296 g/mol. The summed E-state index contributed by atoms with van der Waals surface area (Å²) >= 11 is 0. The van der Waals surface area contributed by atoms with Crippen molar-refractivity contribution >= 4 is 8.80 Å². The van der Waals surface area contributed by atoms with E-state index in [1.807, 2.05) is 13.8 Å². The van der Waals surface area contributed by atoms with Crippen molar-refractivity contribution in [3.05, 3.63) is 0 Å². The minimum Gasteiger partial charge on any atom is -0.394 e. The van der Waals surface area contributed by atoms with Gasteiger partial charge >= 0.3 is 8.80 Å². The largest absolute Gasteiger partial charge is 0.501 e. The van der Waals surface area contributed by atoms with Gasteiger partial charge < -0.3 is 33.0 Å². The van der Waals surface area contributed by atoms with E-state index in [0.717, 1.165) is 0 Å². The molecule has 1 rings (SSSR count). The van der Waals surface area contributed by atoms with Crippen LogP contribution in [0, 0.1) is 0 Å².